The highest BCUT2D eigenvalue weighted by Crippen LogP contribution is 2.42. The van der Waals surface area contributed by atoms with E-state index >= 15 is 0 Å². The second-order valence-electron chi connectivity index (χ2n) is 5.98. The van der Waals surface area contributed by atoms with Gasteiger partial charge in [-0.15, -0.1) is 0 Å². The molecule has 3 N–H and O–H groups in total. The van der Waals surface area contributed by atoms with Crippen LogP contribution in [0.25, 0.3) is 0 Å². The standard InChI is InChI=1S/C18H19N3O2/c1-23-12-5-2-4-11(10-12)17-20-18(22)14-7-3-6-13-15(19)8-9-21(17)16(13)14/h2-7,10,15,17H,8-9,19H2,1H3,(H,20,22)/t15-,17-/m0/s1. The molecule has 2 aliphatic heterocycles. The lowest BCUT2D eigenvalue weighted by molar-refractivity contribution is 0.0925. The monoisotopic (exact) mass is 309 g/mol. The second kappa shape index (κ2) is 5.28. The van der Waals surface area contributed by atoms with Crippen molar-refractivity contribution in [3.63, 3.8) is 0 Å². The zero-order chi connectivity index (χ0) is 16.0. The predicted molar refractivity (Wildman–Crippen MR) is 88.5 cm³/mol. The van der Waals surface area contributed by atoms with Gasteiger partial charge in [-0.1, -0.05) is 24.3 Å². The second-order valence-corrected chi connectivity index (χ2v) is 5.98. The lowest BCUT2D eigenvalue weighted by Gasteiger charge is -2.44. The zero-order valence-corrected chi connectivity index (χ0v) is 13.0. The number of nitrogens with two attached hydrogens (primary N) is 1. The molecule has 0 saturated heterocycles. The fourth-order valence-corrected chi connectivity index (χ4v) is 3.52. The summed E-state index contributed by atoms with van der Waals surface area (Å²) in [6.45, 7) is 0.813. The average molecular weight is 309 g/mol. The molecule has 0 radical (unpaired) electrons. The number of hydrogen-bond acceptors (Lipinski definition) is 4. The molecule has 0 fully saturated rings. The SMILES string of the molecule is COc1cccc([C@H]2NC(=O)c3cccc4c3N2CC[C@@H]4N)c1. The summed E-state index contributed by atoms with van der Waals surface area (Å²) in [6.07, 6.45) is 0.672. The lowest BCUT2D eigenvalue weighted by Crippen LogP contribution is -2.49. The van der Waals surface area contributed by atoms with Crippen LogP contribution in [0.1, 0.15) is 40.1 Å². The highest BCUT2D eigenvalue weighted by molar-refractivity contribution is 6.03. The van der Waals surface area contributed by atoms with Crippen LogP contribution in [-0.2, 0) is 0 Å². The number of benzene rings is 2. The Balaban J connectivity index is 1.84. The molecule has 118 valence electrons. The molecule has 5 heteroatoms. The summed E-state index contributed by atoms with van der Waals surface area (Å²) >= 11 is 0. The van der Waals surface area contributed by atoms with Crippen molar-refractivity contribution in [2.45, 2.75) is 18.6 Å². The Morgan fingerprint density at radius 2 is 2.09 bits per heavy atom. The number of rotatable bonds is 2. The Morgan fingerprint density at radius 1 is 1.26 bits per heavy atom. The maximum atomic E-state index is 12.6. The van der Waals surface area contributed by atoms with Crippen LogP contribution in [0, 0.1) is 0 Å². The summed E-state index contributed by atoms with van der Waals surface area (Å²) in [5, 5.41) is 3.11. The number of para-hydroxylation sites is 1. The average Bonchev–Trinajstić information content (AvgIpc) is 2.60. The van der Waals surface area contributed by atoms with E-state index < -0.39 is 0 Å². The summed E-state index contributed by atoms with van der Waals surface area (Å²) in [4.78, 5) is 14.8. The van der Waals surface area contributed by atoms with E-state index in [0.29, 0.717) is 5.56 Å². The van der Waals surface area contributed by atoms with Gasteiger partial charge >= 0.3 is 0 Å². The largest absolute Gasteiger partial charge is 0.497 e. The van der Waals surface area contributed by atoms with Crippen molar-refractivity contribution in [2.24, 2.45) is 5.73 Å². The minimum atomic E-state index is -0.196. The fraction of sp³-hybridized carbons (Fsp3) is 0.278. The van der Waals surface area contributed by atoms with E-state index in [1.54, 1.807) is 7.11 Å². The highest BCUT2D eigenvalue weighted by atomic mass is 16.5. The molecule has 0 aromatic heterocycles. The van der Waals surface area contributed by atoms with Gasteiger partial charge in [0.2, 0.25) is 0 Å². The van der Waals surface area contributed by atoms with E-state index in [1.165, 1.54) is 0 Å². The number of methoxy groups -OCH3 is 1. The quantitative estimate of drug-likeness (QED) is 0.893. The molecule has 5 nitrogen and oxygen atoms in total. The Kier molecular flexibility index (Phi) is 3.23. The van der Waals surface area contributed by atoms with Crippen molar-refractivity contribution in [3.05, 3.63) is 59.2 Å². The van der Waals surface area contributed by atoms with Crippen molar-refractivity contribution in [1.82, 2.24) is 5.32 Å². The van der Waals surface area contributed by atoms with Crippen molar-refractivity contribution >= 4 is 11.6 Å². The highest BCUT2D eigenvalue weighted by Gasteiger charge is 2.37. The third-order valence-electron chi connectivity index (χ3n) is 4.67. The Hall–Kier alpha value is -2.53. The van der Waals surface area contributed by atoms with E-state index in [2.05, 4.69) is 10.2 Å². The number of anilines is 1. The molecule has 0 saturated carbocycles. The molecule has 0 bridgehead atoms. The van der Waals surface area contributed by atoms with Gasteiger partial charge < -0.3 is 20.7 Å². The first-order valence-electron chi connectivity index (χ1n) is 7.79. The summed E-state index contributed by atoms with van der Waals surface area (Å²) in [7, 11) is 1.64. The summed E-state index contributed by atoms with van der Waals surface area (Å²) in [6, 6.07) is 13.6. The molecule has 23 heavy (non-hydrogen) atoms. The van der Waals surface area contributed by atoms with E-state index in [1.807, 2.05) is 42.5 Å². The van der Waals surface area contributed by atoms with Crippen LogP contribution in [0.2, 0.25) is 0 Å². The lowest BCUT2D eigenvalue weighted by atomic mass is 9.90. The molecule has 2 heterocycles. The molecule has 1 amide bonds. The van der Waals surface area contributed by atoms with Gasteiger partial charge in [-0.2, -0.15) is 0 Å². The van der Waals surface area contributed by atoms with Gasteiger partial charge in [0.15, 0.2) is 0 Å². The third-order valence-corrected chi connectivity index (χ3v) is 4.67. The maximum Gasteiger partial charge on any atom is 0.255 e. The zero-order valence-electron chi connectivity index (χ0n) is 13.0. The van der Waals surface area contributed by atoms with Gasteiger partial charge in [-0.25, -0.2) is 0 Å². The van der Waals surface area contributed by atoms with Crippen LogP contribution in [-0.4, -0.2) is 19.6 Å². The molecular weight excluding hydrogens is 290 g/mol. The Labute approximate surface area is 135 Å². The van der Waals surface area contributed by atoms with Gasteiger partial charge in [0.25, 0.3) is 5.91 Å². The Bertz CT molecular complexity index is 775. The summed E-state index contributed by atoms with van der Waals surface area (Å²) in [5.74, 6) is 0.726. The number of ether oxygens (including phenoxy) is 1. The van der Waals surface area contributed by atoms with Crippen LogP contribution in [0.4, 0.5) is 5.69 Å². The normalized spacial score (nSPS) is 22.3. The molecule has 2 aromatic carbocycles. The number of amides is 1. The van der Waals surface area contributed by atoms with E-state index in [-0.39, 0.29) is 18.1 Å². The summed E-state index contributed by atoms with van der Waals surface area (Å²) < 4.78 is 5.31. The topological polar surface area (TPSA) is 67.6 Å². The number of hydrogen-bond donors (Lipinski definition) is 2. The first-order valence-corrected chi connectivity index (χ1v) is 7.79. The number of carbonyl (C=O) groups is 1. The van der Waals surface area contributed by atoms with Crippen LogP contribution in [0.5, 0.6) is 5.75 Å². The molecular formula is C18H19N3O2. The fourth-order valence-electron chi connectivity index (χ4n) is 3.52. The number of carbonyl (C=O) groups excluding carboxylic acids is 1. The van der Waals surface area contributed by atoms with Crippen LogP contribution in [0.3, 0.4) is 0 Å². The number of nitrogens with zero attached hydrogens (tertiary/aromatic N) is 1. The first kappa shape index (κ1) is 14.1. The molecule has 4 rings (SSSR count). The summed E-state index contributed by atoms with van der Waals surface area (Å²) in [5.41, 5.74) is 9.99. The van der Waals surface area contributed by atoms with E-state index in [0.717, 1.165) is 35.5 Å². The molecule has 0 unspecified atom stereocenters. The van der Waals surface area contributed by atoms with Crippen molar-refractivity contribution in [3.8, 4) is 5.75 Å². The Morgan fingerprint density at radius 3 is 2.91 bits per heavy atom. The molecule has 2 aromatic rings. The van der Waals surface area contributed by atoms with Crippen molar-refractivity contribution in [2.75, 3.05) is 18.6 Å². The molecule has 0 spiro atoms. The van der Waals surface area contributed by atoms with Gasteiger partial charge in [0.1, 0.15) is 11.9 Å². The smallest absolute Gasteiger partial charge is 0.255 e. The first-order chi connectivity index (χ1) is 11.2. The number of nitrogens with one attached hydrogen (secondary N) is 1. The molecule has 2 atom stereocenters. The minimum Gasteiger partial charge on any atom is -0.497 e. The third kappa shape index (κ3) is 2.16. The predicted octanol–water partition coefficient (Wildman–Crippen LogP) is 2.35. The van der Waals surface area contributed by atoms with E-state index in [9.17, 15) is 4.79 Å². The van der Waals surface area contributed by atoms with Gasteiger partial charge in [0.05, 0.1) is 18.4 Å². The molecule has 2 aliphatic rings. The van der Waals surface area contributed by atoms with Crippen molar-refractivity contribution < 1.29 is 9.53 Å². The van der Waals surface area contributed by atoms with Crippen LogP contribution >= 0.6 is 0 Å². The van der Waals surface area contributed by atoms with Gasteiger partial charge in [-0.05, 0) is 35.7 Å². The molecule has 0 aliphatic carbocycles. The van der Waals surface area contributed by atoms with E-state index in [4.69, 9.17) is 10.5 Å². The maximum absolute atomic E-state index is 12.6. The van der Waals surface area contributed by atoms with Crippen molar-refractivity contribution in [1.29, 1.82) is 0 Å². The van der Waals surface area contributed by atoms with Crippen LogP contribution < -0.4 is 20.7 Å². The van der Waals surface area contributed by atoms with Gasteiger partial charge in [0, 0.05) is 12.6 Å². The minimum absolute atomic E-state index is 0.0157. The van der Waals surface area contributed by atoms with Gasteiger partial charge in [-0.3, -0.25) is 4.79 Å². The van der Waals surface area contributed by atoms with Crippen LogP contribution in [0.15, 0.2) is 42.5 Å².